The number of hydrogen-bond acceptors (Lipinski definition) is 7. The number of ether oxygens (including phenoxy) is 2. The minimum Gasteiger partial charge on any atom is -0.449 e. The largest absolute Gasteiger partial charge is 0.449 e. The number of aromatic nitrogens is 4. The Morgan fingerprint density at radius 1 is 1.32 bits per heavy atom. The van der Waals surface area contributed by atoms with Crippen LogP contribution in [-0.2, 0) is 9.47 Å². The van der Waals surface area contributed by atoms with E-state index in [-0.39, 0.29) is 23.5 Å². The van der Waals surface area contributed by atoms with Gasteiger partial charge < -0.3 is 18.9 Å². The van der Waals surface area contributed by atoms with Gasteiger partial charge in [0.25, 0.3) is 0 Å². The van der Waals surface area contributed by atoms with Gasteiger partial charge in [-0.15, -0.1) is 0 Å². The van der Waals surface area contributed by atoms with E-state index in [0.29, 0.717) is 17.3 Å². The highest BCUT2D eigenvalue weighted by Gasteiger charge is 2.51. The molecule has 1 aliphatic carbocycles. The highest BCUT2D eigenvalue weighted by molar-refractivity contribution is 7.79. The van der Waals surface area contributed by atoms with Gasteiger partial charge in [-0.1, -0.05) is 6.92 Å². The second kappa shape index (κ2) is 6.21. The van der Waals surface area contributed by atoms with Crippen molar-refractivity contribution in [2.45, 2.75) is 38.0 Å². The Bertz CT molecular complexity index is 835. The lowest BCUT2D eigenvalue weighted by molar-refractivity contribution is 0.132. The molecule has 1 unspecified atom stereocenters. The smallest absolute Gasteiger partial charge is 0.353 e. The predicted octanol–water partition coefficient (Wildman–Crippen LogP) is 2.09. The maximum absolute atomic E-state index is 5.79. The molecule has 3 heterocycles. The molecule has 1 saturated carbocycles. The van der Waals surface area contributed by atoms with Crippen molar-refractivity contribution < 1.29 is 9.47 Å². The molecule has 132 valence electrons. The number of hydrogen-bond donors (Lipinski definition) is 0. The minimum atomic E-state index is -0.0986. The first-order valence-corrected chi connectivity index (χ1v) is 8.74. The molecule has 4 rings (SSSR count). The summed E-state index contributed by atoms with van der Waals surface area (Å²) in [4.78, 5) is 19.4. The van der Waals surface area contributed by atoms with Crippen LogP contribution in [0.5, 0.6) is 0 Å². The van der Waals surface area contributed by atoms with Crippen LogP contribution in [0.15, 0.2) is 17.6 Å². The Morgan fingerprint density at radius 3 is 2.88 bits per heavy atom. The Balaban J connectivity index is 1.73. The topological polar surface area (TPSA) is 77.7 Å². The van der Waals surface area contributed by atoms with Crippen LogP contribution >= 0.6 is 12.2 Å². The van der Waals surface area contributed by atoms with Gasteiger partial charge in [0.2, 0.25) is 0 Å². The highest BCUT2D eigenvalue weighted by atomic mass is 32.1. The maximum Gasteiger partial charge on any atom is 0.353 e. The summed E-state index contributed by atoms with van der Waals surface area (Å²) in [6, 6.07) is 0.0842. The third kappa shape index (κ3) is 2.72. The van der Waals surface area contributed by atoms with E-state index in [1.54, 1.807) is 12.7 Å². The van der Waals surface area contributed by atoms with Crippen LogP contribution in [0.25, 0.3) is 11.2 Å². The van der Waals surface area contributed by atoms with Gasteiger partial charge in [-0.25, -0.2) is 19.9 Å². The third-order valence-electron chi connectivity index (χ3n) is 4.81. The first kappa shape index (κ1) is 16.2. The van der Waals surface area contributed by atoms with Crippen LogP contribution < -0.4 is 0 Å². The van der Waals surface area contributed by atoms with Gasteiger partial charge in [-0.05, 0) is 12.8 Å². The summed E-state index contributed by atoms with van der Waals surface area (Å²) in [6.45, 7) is 2.16. The molecule has 0 radical (unpaired) electrons. The Hall–Kier alpha value is -2.29. The standard InChI is InChI=1S/C16H20N6O2S/c1-4-9-5-10(13-12(9)23-16(25)24-13)22-8-19-11-14(20-7-21(2)3)17-6-18-15(11)22/h6-10,12-13H,4-5H2,1-3H3/t9-,10+,12-,13?/m0/s1. The quantitative estimate of drug-likeness (QED) is 0.469. The normalized spacial score (nSPS) is 28.4. The van der Waals surface area contributed by atoms with Crippen LogP contribution in [0.3, 0.4) is 0 Å². The molecule has 0 aromatic carbocycles. The van der Waals surface area contributed by atoms with E-state index < -0.39 is 0 Å². The molecule has 0 amide bonds. The minimum absolute atomic E-state index is 0.00743. The van der Waals surface area contributed by atoms with Gasteiger partial charge >= 0.3 is 5.24 Å². The summed E-state index contributed by atoms with van der Waals surface area (Å²) < 4.78 is 13.6. The number of fused-ring (bicyclic) bond motifs is 2. The van der Waals surface area contributed by atoms with E-state index in [1.165, 1.54) is 6.33 Å². The number of nitrogens with zero attached hydrogens (tertiary/aromatic N) is 6. The molecule has 1 saturated heterocycles. The zero-order valence-corrected chi connectivity index (χ0v) is 15.2. The number of thiocarbonyl (C=S) groups is 1. The lowest BCUT2D eigenvalue weighted by atomic mass is 10.0. The van der Waals surface area contributed by atoms with Crippen molar-refractivity contribution in [2.24, 2.45) is 10.9 Å². The highest BCUT2D eigenvalue weighted by Crippen LogP contribution is 2.45. The monoisotopic (exact) mass is 360 g/mol. The molecule has 2 aromatic heterocycles. The molecule has 2 aromatic rings. The maximum atomic E-state index is 5.79. The number of aliphatic imine (C=N–C) groups is 1. The number of rotatable bonds is 4. The molecule has 8 nitrogen and oxygen atoms in total. The molecule has 9 heteroatoms. The molecule has 25 heavy (non-hydrogen) atoms. The lowest BCUT2D eigenvalue weighted by Gasteiger charge is -2.17. The average molecular weight is 360 g/mol. The second-order valence-corrected chi connectivity index (χ2v) is 6.95. The van der Waals surface area contributed by atoms with Crippen molar-refractivity contribution in [2.75, 3.05) is 14.1 Å². The molecule has 2 fully saturated rings. The van der Waals surface area contributed by atoms with Crippen molar-refractivity contribution in [1.29, 1.82) is 0 Å². The Kier molecular flexibility index (Phi) is 4.03. The SMILES string of the molecule is CC[C@H]1C[C@@H](n2cnc3c(N=CN(C)C)ncnc32)C2OC(=S)O[C@H]21. The van der Waals surface area contributed by atoms with Gasteiger partial charge in [-0.3, -0.25) is 0 Å². The first-order valence-electron chi connectivity index (χ1n) is 8.34. The van der Waals surface area contributed by atoms with Crippen LogP contribution in [0.2, 0.25) is 0 Å². The van der Waals surface area contributed by atoms with Crippen molar-refractivity contribution in [3.63, 3.8) is 0 Å². The molecule has 4 atom stereocenters. The fraction of sp³-hybridized carbons (Fsp3) is 0.562. The molecule has 2 aliphatic rings. The van der Waals surface area contributed by atoms with Gasteiger partial charge in [-0.2, -0.15) is 0 Å². The molecule has 0 N–H and O–H groups in total. The van der Waals surface area contributed by atoms with E-state index in [2.05, 4.69) is 31.4 Å². The molecular weight excluding hydrogens is 340 g/mol. The summed E-state index contributed by atoms with van der Waals surface area (Å²) in [6.07, 6.45) is 6.88. The van der Waals surface area contributed by atoms with Crippen LogP contribution in [-0.4, -0.2) is 62.3 Å². The predicted molar refractivity (Wildman–Crippen MR) is 96.9 cm³/mol. The fourth-order valence-electron chi connectivity index (χ4n) is 3.64. The molecular formula is C16H20N6O2S. The van der Waals surface area contributed by atoms with E-state index >= 15 is 0 Å². The summed E-state index contributed by atoms with van der Waals surface area (Å²) in [5.41, 5.74) is 1.43. The van der Waals surface area contributed by atoms with Gasteiger partial charge in [0.1, 0.15) is 12.4 Å². The average Bonchev–Trinajstić information content (AvgIpc) is 3.25. The molecule has 0 spiro atoms. The summed E-state index contributed by atoms with van der Waals surface area (Å²) in [5.74, 6) is 0.958. The lowest BCUT2D eigenvalue weighted by Crippen LogP contribution is -2.26. The fourth-order valence-corrected chi connectivity index (χ4v) is 3.86. The van der Waals surface area contributed by atoms with Crippen LogP contribution in [0.1, 0.15) is 25.8 Å². The molecule has 0 bridgehead atoms. The van der Waals surface area contributed by atoms with Gasteiger partial charge in [0.15, 0.2) is 23.1 Å². The molecule has 1 aliphatic heterocycles. The van der Waals surface area contributed by atoms with E-state index in [0.717, 1.165) is 18.5 Å². The summed E-state index contributed by atoms with van der Waals surface area (Å²) >= 11 is 5.11. The van der Waals surface area contributed by atoms with Crippen LogP contribution in [0, 0.1) is 5.92 Å². The van der Waals surface area contributed by atoms with Crippen LogP contribution in [0.4, 0.5) is 5.82 Å². The summed E-state index contributed by atoms with van der Waals surface area (Å²) in [5, 5.41) is 0.244. The van der Waals surface area contributed by atoms with Crippen molar-refractivity contribution in [3.05, 3.63) is 12.7 Å². The van der Waals surface area contributed by atoms with E-state index in [1.807, 2.05) is 19.0 Å². The second-order valence-electron chi connectivity index (χ2n) is 6.62. The third-order valence-corrected chi connectivity index (χ3v) is 5.00. The van der Waals surface area contributed by atoms with Gasteiger partial charge in [0, 0.05) is 32.2 Å². The summed E-state index contributed by atoms with van der Waals surface area (Å²) in [7, 11) is 3.81. The first-order chi connectivity index (χ1) is 12.1. The Morgan fingerprint density at radius 2 is 2.12 bits per heavy atom. The van der Waals surface area contributed by atoms with E-state index in [9.17, 15) is 0 Å². The van der Waals surface area contributed by atoms with Crippen molar-refractivity contribution in [3.8, 4) is 0 Å². The van der Waals surface area contributed by atoms with Gasteiger partial charge in [0.05, 0.1) is 18.7 Å². The zero-order chi connectivity index (χ0) is 17.6. The zero-order valence-electron chi connectivity index (χ0n) is 14.4. The Labute approximate surface area is 150 Å². The van der Waals surface area contributed by atoms with E-state index in [4.69, 9.17) is 21.7 Å². The number of imidazole rings is 1. The van der Waals surface area contributed by atoms with Crippen molar-refractivity contribution in [1.82, 2.24) is 24.4 Å². The van der Waals surface area contributed by atoms with Crippen molar-refractivity contribution >= 4 is 40.8 Å².